The van der Waals surface area contributed by atoms with Crippen LogP contribution < -0.4 is 5.32 Å². The maximum absolute atomic E-state index is 12.9. The number of benzene rings is 1. The first kappa shape index (κ1) is 9.00. The molecule has 65 valence electrons. The molecule has 12 heavy (non-hydrogen) atoms. The van der Waals surface area contributed by atoms with E-state index in [1.165, 1.54) is 12.1 Å². The fourth-order valence-electron chi connectivity index (χ4n) is 0.835. The summed E-state index contributed by atoms with van der Waals surface area (Å²) in [5, 5.41) is 2.88. The predicted molar refractivity (Wildman–Crippen MR) is 45.6 cm³/mol. The molecule has 1 aromatic carbocycles. The number of hydrogen-bond donors (Lipinski definition) is 1. The summed E-state index contributed by atoms with van der Waals surface area (Å²) in [5.41, 5.74) is 0.467. The van der Waals surface area contributed by atoms with E-state index in [4.69, 9.17) is 4.74 Å². The highest BCUT2D eigenvalue weighted by molar-refractivity contribution is 5.43. The summed E-state index contributed by atoms with van der Waals surface area (Å²) in [6, 6.07) is 7.27. The second kappa shape index (κ2) is 4.72. The van der Waals surface area contributed by atoms with E-state index in [1.807, 2.05) is 0 Å². The molecule has 0 aliphatic heterocycles. The summed E-state index contributed by atoms with van der Waals surface area (Å²) >= 11 is 0. The van der Waals surface area contributed by atoms with E-state index in [0.29, 0.717) is 18.8 Å². The lowest BCUT2D eigenvalue weighted by Crippen LogP contribution is -2.08. The molecule has 1 radical (unpaired) electrons. The van der Waals surface area contributed by atoms with E-state index in [2.05, 4.69) is 11.4 Å². The Labute approximate surface area is 71.4 Å². The van der Waals surface area contributed by atoms with Crippen molar-refractivity contribution in [3.05, 3.63) is 30.1 Å². The molecule has 0 amide bonds. The summed E-state index contributed by atoms with van der Waals surface area (Å²) < 4.78 is 17.7. The minimum absolute atomic E-state index is 0.259. The van der Waals surface area contributed by atoms with Crippen LogP contribution in [0.1, 0.15) is 0 Å². The summed E-state index contributed by atoms with van der Waals surface area (Å²) in [5.74, 6) is -0.259. The highest BCUT2D eigenvalue weighted by Crippen LogP contribution is 2.10. The van der Waals surface area contributed by atoms with Crippen LogP contribution >= 0.6 is 0 Å². The van der Waals surface area contributed by atoms with E-state index in [0.717, 1.165) is 0 Å². The average Bonchev–Trinajstić information content (AvgIpc) is 2.09. The summed E-state index contributed by atoms with van der Waals surface area (Å²) in [7, 11) is 1.61. The van der Waals surface area contributed by atoms with Gasteiger partial charge in [-0.1, -0.05) is 6.07 Å². The van der Waals surface area contributed by atoms with Gasteiger partial charge in [-0.3, -0.25) is 0 Å². The summed E-state index contributed by atoms with van der Waals surface area (Å²) in [6.07, 6.45) is 0. The van der Waals surface area contributed by atoms with Gasteiger partial charge < -0.3 is 10.1 Å². The minimum atomic E-state index is -0.259. The molecule has 0 aromatic heterocycles. The first-order valence-electron chi connectivity index (χ1n) is 3.73. The van der Waals surface area contributed by atoms with Crippen LogP contribution in [0.4, 0.5) is 10.1 Å². The molecule has 0 heterocycles. The third kappa shape index (κ3) is 2.51. The van der Waals surface area contributed by atoms with Crippen LogP contribution in [0.2, 0.25) is 0 Å². The topological polar surface area (TPSA) is 21.3 Å². The number of halogens is 1. The van der Waals surface area contributed by atoms with Crippen molar-refractivity contribution in [2.45, 2.75) is 0 Å². The Balaban J connectivity index is 2.46. The Kier molecular flexibility index (Phi) is 3.54. The lowest BCUT2D eigenvalue weighted by atomic mass is 10.3. The lowest BCUT2D eigenvalue weighted by Gasteiger charge is -2.05. The van der Waals surface area contributed by atoms with Crippen LogP contribution in [0.25, 0.3) is 0 Å². The predicted octanol–water partition coefficient (Wildman–Crippen LogP) is 1.68. The Hall–Kier alpha value is -1.09. The second-order valence-electron chi connectivity index (χ2n) is 2.33. The summed E-state index contributed by atoms with van der Waals surface area (Å²) in [6.45, 7) is 1.17. The lowest BCUT2D eigenvalue weighted by molar-refractivity contribution is 0.210. The largest absolute Gasteiger partial charge is 0.383 e. The van der Waals surface area contributed by atoms with Crippen molar-refractivity contribution < 1.29 is 9.13 Å². The van der Waals surface area contributed by atoms with Crippen LogP contribution in [-0.4, -0.2) is 20.3 Å². The molecular formula is C9H11FNO. The van der Waals surface area contributed by atoms with Gasteiger partial charge in [0.1, 0.15) is 5.82 Å². The van der Waals surface area contributed by atoms with E-state index in [9.17, 15) is 4.39 Å². The Morgan fingerprint density at radius 3 is 3.17 bits per heavy atom. The molecular weight excluding hydrogens is 157 g/mol. The molecule has 0 spiro atoms. The van der Waals surface area contributed by atoms with Gasteiger partial charge in [-0.05, 0) is 18.2 Å². The van der Waals surface area contributed by atoms with Gasteiger partial charge in [-0.2, -0.15) is 0 Å². The molecule has 0 saturated carbocycles. The molecule has 0 aliphatic rings. The third-order valence-corrected chi connectivity index (χ3v) is 1.43. The molecule has 0 atom stereocenters. The van der Waals surface area contributed by atoms with Gasteiger partial charge >= 0.3 is 0 Å². The zero-order valence-corrected chi connectivity index (χ0v) is 6.93. The maximum Gasteiger partial charge on any atom is 0.146 e. The number of ether oxygens (including phenoxy) is 1. The van der Waals surface area contributed by atoms with Gasteiger partial charge in [0.2, 0.25) is 0 Å². The molecule has 0 saturated heterocycles. The van der Waals surface area contributed by atoms with E-state index in [1.54, 1.807) is 13.2 Å². The quantitative estimate of drug-likeness (QED) is 0.691. The van der Waals surface area contributed by atoms with Gasteiger partial charge in [-0.25, -0.2) is 4.39 Å². The van der Waals surface area contributed by atoms with E-state index in [-0.39, 0.29) is 5.82 Å². The molecule has 0 fully saturated rings. The van der Waals surface area contributed by atoms with Crippen molar-refractivity contribution in [2.75, 3.05) is 25.6 Å². The van der Waals surface area contributed by atoms with Crippen molar-refractivity contribution in [3.63, 3.8) is 0 Å². The Morgan fingerprint density at radius 1 is 1.67 bits per heavy atom. The normalized spacial score (nSPS) is 9.83. The van der Waals surface area contributed by atoms with Gasteiger partial charge in [-0.15, -0.1) is 0 Å². The van der Waals surface area contributed by atoms with Crippen LogP contribution in [0.5, 0.6) is 0 Å². The van der Waals surface area contributed by atoms with Crippen LogP contribution in [-0.2, 0) is 4.74 Å². The van der Waals surface area contributed by atoms with Crippen molar-refractivity contribution >= 4 is 5.69 Å². The first-order chi connectivity index (χ1) is 5.84. The Bertz CT molecular complexity index is 240. The third-order valence-electron chi connectivity index (χ3n) is 1.43. The van der Waals surface area contributed by atoms with Gasteiger partial charge in [0, 0.05) is 13.7 Å². The average molecular weight is 168 g/mol. The molecule has 0 unspecified atom stereocenters. The van der Waals surface area contributed by atoms with Crippen molar-refractivity contribution in [3.8, 4) is 0 Å². The number of hydrogen-bond acceptors (Lipinski definition) is 2. The van der Waals surface area contributed by atoms with Crippen molar-refractivity contribution in [1.29, 1.82) is 0 Å². The zero-order chi connectivity index (χ0) is 8.81. The monoisotopic (exact) mass is 168 g/mol. The zero-order valence-electron chi connectivity index (χ0n) is 6.93. The highest BCUT2D eigenvalue weighted by Gasteiger charge is 1.97. The number of nitrogens with one attached hydrogen (secondary N) is 1. The van der Waals surface area contributed by atoms with E-state index < -0.39 is 0 Å². The summed E-state index contributed by atoms with van der Waals surface area (Å²) in [4.78, 5) is 0. The van der Waals surface area contributed by atoms with Crippen LogP contribution in [0, 0.1) is 11.9 Å². The molecule has 2 nitrogen and oxygen atoms in total. The molecule has 3 heteroatoms. The standard InChI is InChI=1S/C9H11FNO/c1-12-7-6-11-9-5-3-2-4-8(9)10/h2,4-5,11H,6-7H2,1H3. The first-order valence-corrected chi connectivity index (χ1v) is 3.73. The maximum atomic E-state index is 12.9. The van der Waals surface area contributed by atoms with Gasteiger partial charge in [0.25, 0.3) is 0 Å². The highest BCUT2D eigenvalue weighted by atomic mass is 19.1. The number of anilines is 1. The molecule has 0 aliphatic carbocycles. The van der Waals surface area contributed by atoms with Crippen molar-refractivity contribution in [1.82, 2.24) is 0 Å². The fraction of sp³-hybridized carbons (Fsp3) is 0.333. The number of methoxy groups -OCH3 is 1. The number of rotatable bonds is 4. The Morgan fingerprint density at radius 2 is 2.50 bits per heavy atom. The molecule has 1 N–H and O–H groups in total. The van der Waals surface area contributed by atoms with Gasteiger partial charge in [0.05, 0.1) is 12.3 Å². The van der Waals surface area contributed by atoms with Crippen LogP contribution in [0.15, 0.2) is 18.2 Å². The second-order valence-corrected chi connectivity index (χ2v) is 2.33. The minimum Gasteiger partial charge on any atom is -0.383 e. The van der Waals surface area contributed by atoms with Crippen LogP contribution in [0.3, 0.4) is 0 Å². The van der Waals surface area contributed by atoms with Crippen molar-refractivity contribution in [2.24, 2.45) is 0 Å². The smallest absolute Gasteiger partial charge is 0.146 e. The van der Waals surface area contributed by atoms with E-state index >= 15 is 0 Å². The van der Waals surface area contributed by atoms with Gasteiger partial charge in [0.15, 0.2) is 0 Å². The molecule has 1 aromatic rings. The fourth-order valence-corrected chi connectivity index (χ4v) is 0.835. The SMILES string of the molecule is COCCNc1c[c]ccc1F. The molecule has 0 bridgehead atoms. The molecule has 1 rings (SSSR count).